The Kier molecular flexibility index (Phi) is 5.46. The Bertz CT molecular complexity index is 619. The van der Waals surface area contributed by atoms with Crippen LogP contribution in [0.1, 0.15) is 17.3 Å². The van der Waals surface area contributed by atoms with E-state index < -0.39 is 37.3 Å². The Morgan fingerprint density at radius 1 is 1.50 bits per heavy atom. The van der Waals surface area contributed by atoms with Gasteiger partial charge in [0.2, 0.25) is 10.0 Å². The minimum Gasteiger partial charge on any atom is -0.478 e. The second-order valence-corrected chi connectivity index (χ2v) is 6.36. The highest BCUT2D eigenvalue weighted by Crippen LogP contribution is 2.24. The molecule has 0 bridgehead atoms. The molecule has 1 aromatic carbocycles. The molecule has 0 amide bonds. The summed E-state index contributed by atoms with van der Waals surface area (Å²) in [6.45, 7) is 1.32. The van der Waals surface area contributed by atoms with Gasteiger partial charge < -0.3 is 10.2 Å². The smallest absolute Gasteiger partial charge is 0.337 e. The molecule has 1 rings (SSSR count). The van der Waals surface area contributed by atoms with Crippen LogP contribution in [0.2, 0.25) is 5.02 Å². The van der Waals surface area contributed by atoms with Gasteiger partial charge in [-0.15, -0.1) is 0 Å². The van der Waals surface area contributed by atoms with Crippen molar-refractivity contribution in [2.45, 2.75) is 11.8 Å². The van der Waals surface area contributed by atoms with Gasteiger partial charge in [-0.2, -0.15) is 0 Å². The Hall–Kier alpha value is -1.22. The quantitative estimate of drug-likeness (QED) is 0.726. The van der Waals surface area contributed by atoms with Crippen molar-refractivity contribution in [1.82, 2.24) is 4.72 Å². The lowest BCUT2D eigenvalue weighted by Crippen LogP contribution is -2.30. The van der Waals surface area contributed by atoms with Gasteiger partial charge in [0.1, 0.15) is 5.82 Å². The van der Waals surface area contributed by atoms with Gasteiger partial charge in [0.25, 0.3) is 0 Å². The molecule has 3 N–H and O–H groups in total. The molecule has 112 valence electrons. The third kappa shape index (κ3) is 3.89. The number of aromatic carboxylic acids is 1. The lowest BCUT2D eigenvalue weighted by molar-refractivity contribution is 0.0696. The molecular weight excluding hydrogens is 313 g/mol. The highest BCUT2D eigenvalue weighted by Gasteiger charge is 2.22. The fourth-order valence-electron chi connectivity index (χ4n) is 1.27. The van der Waals surface area contributed by atoms with Gasteiger partial charge >= 0.3 is 5.97 Å². The first kappa shape index (κ1) is 16.8. The molecule has 20 heavy (non-hydrogen) atoms. The summed E-state index contributed by atoms with van der Waals surface area (Å²) in [4.78, 5) is 10.3. The molecule has 0 aromatic heterocycles. The van der Waals surface area contributed by atoms with Gasteiger partial charge in [0, 0.05) is 13.2 Å². The van der Waals surface area contributed by atoms with Crippen LogP contribution in [-0.4, -0.2) is 37.8 Å². The molecule has 0 aliphatic heterocycles. The lowest BCUT2D eigenvalue weighted by Gasteiger charge is -2.11. The van der Waals surface area contributed by atoms with Gasteiger partial charge in [-0.05, 0) is 18.1 Å². The first-order valence-electron chi connectivity index (χ1n) is 5.52. The average Bonchev–Trinajstić information content (AvgIpc) is 2.38. The van der Waals surface area contributed by atoms with Crippen LogP contribution in [-0.2, 0) is 10.0 Å². The van der Waals surface area contributed by atoms with Gasteiger partial charge in [0.15, 0.2) is 0 Å². The molecule has 1 unspecified atom stereocenters. The number of carboxylic acid groups (broad SMARTS) is 1. The normalized spacial score (nSPS) is 13.2. The van der Waals surface area contributed by atoms with Crippen LogP contribution in [0, 0.1) is 11.7 Å². The predicted octanol–water partition coefficient (Wildman–Crippen LogP) is 1.08. The van der Waals surface area contributed by atoms with Crippen LogP contribution in [0.25, 0.3) is 0 Å². The van der Waals surface area contributed by atoms with Crippen molar-refractivity contribution in [3.63, 3.8) is 0 Å². The predicted molar refractivity (Wildman–Crippen MR) is 69.8 cm³/mol. The Labute approximate surface area is 120 Å². The summed E-state index contributed by atoms with van der Waals surface area (Å²) in [6.07, 6.45) is 0. The van der Waals surface area contributed by atoms with E-state index >= 15 is 0 Å². The summed E-state index contributed by atoms with van der Waals surface area (Å²) < 4.78 is 39.4. The molecule has 0 fully saturated rings. The third-order valence-electron chi connectivity index (χ3n) is 2.48. The maximum atomic E-state index is 13.5. The first-order chi connectivity index (χ1) is 9.19. The minimum absolute atomic E-state index is 0.0640. The summed E-state index contributed by atoms with van der Waals surface area (Å²) in [5, 5.41) is 17.0. The molecule has 1 atom stereocenters. The summed E-state index contributed by atoms with van der Waals surface area (Å²) in [5.41, 5.74) is -0.637. The van der Waals surface area contributed by atoms with Crippen LogP contribution in [0.3, 0.4) is 0 Å². The van der Waals surface area contributed by atoms with E-state index in [9.17, 15) is 17.6 Å². The van der Waals surface area contributed by atoms with Crippen molar-refractivity contribution < 1.29 is 27.8 Å². The number of halogens is 2. The summed E-state index contributed by atoms with van der Waals surface area (Å²) in [7, 11) is -4.08. The number of sulfonamides is 1. The number of hydrogen-bond donors (Lipinski definition) is 3. The van der Waals surface area contributed by atoms with Gasteiger partial charge in [-0.3, -0.25) is 0 Å². The van der Waals surface area contributed by atoms with E-state index in [1.807, 2.05) is 0 Å². The SMILES string of the molecule is CC(CO)CNS(=O)(=O)c1cc(F)c(Cl)c(C(=O)O)c1. The van der Waals surface area contributed by atoms with Crippen LogP contribution in [0.4, 0.5) is 4.39 Å². The number of hydrogen-bond acceptors (Lipinski definition) is 4. The average molecular weight is 326 g/mol. The molecule has 0 heterocycles. The second kappa shape index (κ2) is 6.49. The maximum Gasteiger partial charge on any atom is 0.337 e. The number of aliphatic hydroxyl groups excluding tert-OH is 1. The van der Waals surface area contributed by atoms with Crippen molar-refractivity contribution in [3.8, 4) is 0 Å². The van der Waals surface area contributed by atoms with Crippen molar-refractivity contribution in [3.05, 3.63) is 28.5 Å². The maximum absolute atomic E-state index is 13.5. The lowest BCUT2D eigenvalue weighted by atomic mass is 10.2. The molecule has 0 spiro atoms. The van der Waals surface area contributed by atoms with E-state index in [0.717, 1.165) is 6.07 Å². The van der Waals surface area contributed by atoms with Crippen LogP contribution in [0.15, 0.2) is 17.0 Å². The van der Waals surface area contributed by atoms with Crippen molar-refractivity contribution in [2.24, 2.45) is 5.92 Å². The minimum atomic E-state index is -4.08. The zero-order chi connectivity index (χ0) is 15.5. The number of benzene rings is 1. The zero-order valence-corrected chi connectivity index (χ0v) is 12.0. The highest BCUT2D eigenvalue weighted by atomic mass is 35.5. The number of nitrogens with one attached hydrogen (secondary N) is 1. The number of aliphatic hydroxyl groups is 1. The van der Waals surface area contributed by atoms with Gasteiger partial charge in [0.05, 0.1) is 15.5 Å². The fourth-order valence-corrected chi connectivity index (χ4v) is 2.67. The van der Waals surface area contributed by atoms with Crippen molar-refractivity contribution in [2.75, 3.05) is 13.2 Å². The van der Waals surface area contributed by atoms with Gasteiger partial charge in [-0.25, -0.2) is 22.3 Å². The number of carboxylic acids is 1. The second-order valence-electron chi connectivity index (χ2n) is 4.21. The van der Waals surface area contributed by atoms with E-state index in [4.69, 9.17) is 21.8 Å². The Morgan fingerprint density at radius 3 is 2.60 bits per heavy atom. The van der Waals surface area contributed by atoms with E-state index in [1.54, 1.807) is 6.92 Å². The van der Waals surface area contributed by atoms with E-state index in [0.29, 0.717) is 6.07 Å². The molecule has 0 aliphatic rings. The largest absolute Gasteiger partial charge is 0.478 e. The van der Waals surface area contributed by atoms with E-state index in [-0.39, 0.29) is 19.1 Å². The third-order valence-corrected chi connectivity index (χ3v) is 4.26. The Morgan fingerprint density at radius 2 is 2.10 bits per heavy atom. The first-order valence-corrected chi connectivity index (χ1v) is 7.38. The summed E-state index contributed by atoms with van der Waals surface area (Å²) in [5.74, 6) is -3.00. The molecule has 9 heteroatoms. The fraction of sp³-hybridized carbons (Fsp3) is 0.364. The van der Waals surface area contributed by atoms with E-state index in [2.05, 4.69) is 4.72 Å². The summed E-state index contributed by atoms with van der Waals surface area (Å²) >= 11 is 5.46. The van der Waals surface area contributed by atoms with Gasteiger partial charge in [-0.1, -0.05) is 18.5 Å². The number of rotatable bonds is 6. The highest BCUT2D eigenvalue weighted by molar-refractivity contribution is 7.89. The molecule has 0 radical (unpaired) electrons. The molecule has 0 saturated carbocycles. The van der Waals surface area contributed by atoms with Crippen molar-refractivity contribution >= 4 is 27.6 Å². The monoisotopic (exact) mass is 325 g/mol. The van der Waals surface area contributed by atoms with Crippen molar-refractivity contribution in [1.29, 1.82) is 0 Å². The number of carbonyl (C=O) groups is 1. The van der Waals surface area contributed by atoms with Crippen LogP contribution < -0.4 is 4.72 Å². The van der Waals surface area contributed by atoms with Crippen LogP contribution in [0.5, 0.6) is 0 Å². The Balaban J connectivity index is 3.16. The molecule has 6 nitrogen and oxygen atoms in total. The standard InChI is InChI=1S/C11H13ClFNO5S/c1-6(5-15)4-14-20(18,19)7-2-8(11(16)17)10(12)9(13)3-7/h2-3,6,14-15H,4-5H2,1H3,(H,16,17). The molecule has 1 aromatic rings. The molecule has 0 saturated heterocycles. The zero-order valence-electron chi connectivity index (χ0n) is 10.4. The molecular formula is C11H13ClFNO5S. The van der Waals surface area contributed by atoms with E-state index in [1.165, 1.54) is 0 Å². The molecule has 0 aliphatic carbocycles. The van der Waals surface area contributed by atoms with Crippen LogP contribution >= 0.6 is 11.6 Å². The summed E-state index contributed by atoms with van der Waals surface area (Å²) in [6, 6.07) is 1.42. The topological polar surface area (TPSA) is 104 Å².